The van der Waals surface area contributed by atoms with Crippen LogP contribution in [0.4, 0.5) is 4.39 Å². The highest BCUT2D eigenvalue weighted by Gasteiger charge is 2.29. The summed E-state index contributed by atoms with van der Waals surface area (Å²) in [6.45, 7) is 8.72. The number of aryl methyl sites for hydroxylation is 3. The first-order valence-electron chi connectivity index (χ1n) is 18.6. The minimum Gasteiger partial charge on any atom is -0.486 e. The van der Waals surface area contributed by atoms with Gasteiger partial charge in [-0.05, 0) is 73.0 Å². The van der Waals surface area contributed by atoms with Gasteiger partial charge >= 0.3 is 0 Å². The Hall–Kier alpha value is -5.90. The summed E-state index contributed by atoms with van der Waals surface area (Å²) in [4.78, 5) is 14.1. The molecule has 0 radical (unpaired) electrons. The van der Waals surface area contributed by atoms with Gasteiger partial charge in [-0.3, -0.25) is 9.45 Å². The summed E-state index contributed by atoms with van der Waals surface area (Å²) in [6, 6.07) is 17.0. The van der Waals surface area contributed by atoms with Crippen LogP contribution < -0.4 is 18.9 Å². The molecular weight excluding hydrogens is 756 g/mol. The Balaban J connectivity index is 0.000000151. The van der Waals surface area contributed by atoms with Crippen LogP contribution in [0, 0.1) is 26.6 Å². The van der Waals surface area contributed by atoms with Gasteiger partial charge < -0.3 is 32.8 Å². The van der Waals surface area contributed by atoms with Crippen LogP contribution in [0.1, 0.15) is 34.9 Å². The molecule has 15 heteroatoms. The molecule has 57 heavy (non-hydrogen) atoms. The van der Waals surface area contributed by atoms with Gasteiger partial charge in [0.05, 0.1) is 4.90 Å². The van der Waals surface area contributed by atoms with E-state index >= 15 is 0 Å². The Kier molecular flexibility index (Phi) is 9.38. The van der Waals surface area contributed by atoms with E-state index in [-0.39, 0.29) is 29.8 Å². The third kappa shape index (κ3) is 7.41. The molecule has 1 unspecified atom stereocenters. The van der Waals surface area contributed by atoms with Crippen molar-refractivity contribution in [1.29, 1.82) is 0 Å². The van der Waals surface area contributed by atoms with Gasteiger partial charge in [-0.25, -0.2) is 14.4 Å². The molecule has 0 aliphatic carbocycles. The lowest BCUT2D eigenvalue weighted by Gasteiger charge is -2.32. The zero-order chi connectivity index (χ0) is 39.4. The molecule has 294 valence electrons. The van der Waals surface area contributed by atoms with Gasteiger partial charge in [0, 0.05) is 62.6 Å². The van der Waals surface area contributed by atoms with Crippen molar-refractivity contribution in [2.45, 2.75) is 50.7 Å². The largest absolute Gasteiger partial charge is 0.486 e. The summed E-state index contributed by atoms with van der Waals surface area (Å²) in [6.07, 6.45) is 4.92. The predicted molar refractivity (Wildman–Crippen MR) is 209 cm³/mol. The monoisotopic (exact) mass is 794 g/mol. The second-order valence-corrected chi connectivity index (χ2v) is 15.9. The van der Waals surface area contributed by atoms with Gasteiger partial charge in [-0.15, -0.1) is 0 Å². The number of hydrogen-bond donors (Lipinski definition) is 2. The first-order chi connectivity index (χ1) is 27.4. The third-order valence-corrected chi connectivity index (χ3v) is 11.2. The van der Waals surface area contributed by atoms with E-state index in [0.29, 0.717) is 63.6 Å². The molecule has 7 aromatic rings. The molecule has 13 nitrogen and oxygen atoms in total. The van der Waals surface area contributed by atoms with E-state index in [4.69, 9.17) is 27.8 Å². The van der Waals surface area contributed by atoms with Gasteiger partial charge in [0.25, 0.3) is 10.1 Å². The number of hydrogen-bond acceptors (Lipinski definition) is 11. The Morgan fingerprint density at radius 3 is 2.18 bits per heavy atom. The molecule has 0 fully saturated rings. The quantitative estimate of drug-likeness (QED) is 0.158. The SMILES string of the molecule is Cc1ccc(S(=O)(=O)O)c(C[C@@H]2COc3ccc4nc(C)oc4c3O2)c1.Cc1nc2ccc3c(c2o1)OC(CN1CC=C(c2c[nH]c4cc(F)ccc24)CC1)CO3. The van der Waals surface area contributed by atoms with E-state index in [1.807, 2.05) is 38.2 Å². The summed E-state index contributed by atoms with van der Waals surface area (Å²) >= 11 is 0. The number of fused-ring (bicyclic) bond motifs is 7. The van der Waals surface area contributed by atoms with E-state index in [1.54, 1.807) is 37.3 Å². The van der Waals surface area contributed by atoms with Crippen LogP contribution in [-0.2, 0) is 16.5 Å². The number of nitrogens with one attached hydrogen (secondary N) is 1. The molecule has 10 rings (SSSR count). The highest BCUT2D eigenvalue weighted by atomic mass is 32.2. The van der Waals surface area contributed by atoms with Crippen LogP contribution in [0.25, 0.3) is 38.7 Å². The molecule has 3 aliphatic heterocycles. The van der Waals surface area contributed by atoms with Crippen LogP contribution in [0.15, 0.2) is 86.7 Å². The molecule has 2 atom stereocenters. The van der Waals surface area contributed by atoms with Gasteiger partial charge in [0.15, 0.2) is 23.3 Å². The lowest BCUT2D eigenvalue weighted by molar-refractivity contribution is 0.0621. The maximum absolute atomic E-state index is 13.5. The van der Waals surface area contributed by atoms with Crippen molar-refractivity contribution < 1.29 is 45.1 Å². The number of rotatable bonds is 6. The van der Waals surface area contributed by atoms with Gasteiger partial charge in [0.1, 0.15) is 42.3 Å². The summed E-state index contributed by atoms with van der Waals surface area (Å²) < 4.78 is 81.6. The van der Waals surface area contributed by atoms with Crippen molar-refractivity contribution in [2.75, 3.05) is 32.8 Å². The first kappa shape index (κ1) is 36.7. The number of H-pyrrole nitrogens is 1. The van der Waals surface area contributed by atoms with E-state index in [2.05, 4.69) is 25.9 Å². The van der Waals surface area contributed by atoms with Crippen LogP contribution >= 0.6 is 0 Å². The summed E-state index contributed by atoms with van der Waals surface area (Å²) in [7, 11) is -4.32. The highest BCUT2D eigenvalue weighted by Crippen LogP contribution is 2.41. The molecule has 2 N–H and O–H groups in total. The number of halogens is 1. The molecule has 4 aromatic carbocycles. The Morgan fingerprint density at radius 1 is 0.860 bits per heavy atom. The van der Waals surface area contributed by atoms with Crippen molar-refractivity contribution in [1.82, 2.24) is 19.9 Å². The van der Waals surface area contributed by atoms with Crippen LogP contribution in [0.5, 0.6) is 23.0 Å². The average molecular weight is 795 g/mol. The van der Waals surface area contributed by atoms with E-state index in [9.17, 15) is 17.4 Å². The zero-order valence-corrected chi connectivity index (χ0v) is 32.2. The fourth-order valence-electron chi connectivity index (χ4n) is 7.67. The molecule has 0 amide bonds. The molecule has 0 bridgehead atoms. The fraction of sp³-hybridized carbons (Fsp3) is 0.286. The second-order valence-electron chi connectivity index (χ2n) is 14.5. The predicted octanol–water partition coefficient (Wildman–Crippen LogP) is 7.76. The molecule has 0 spiro atoms. The van der Waals surface area contributed by atoms with Crippen molar-refractivity contribution in [3.63, 3.8) is 0 Å². The number of aromatic amines is 1. The Morgan fingerprint density at radius 2 is 1.53 bits per heavy atom. The van der Waals surface area contributed by atoms with Gasteiger partial charge in [-0.1, -0.05) is 23.8 Å². The van der Waals surface area contributed by atoms with Crippen LogP contribution in [-0.4, -0.2) is 77.9 Å². The number of ether oxygens (including phenoxy) is 4. The second kappa shape index (κ2) is 14.6. The highest BCUT2D eigenvalue weighted by molar-refractivity contribution is 7.85. The summed E-state index contributed by atoms with van der Waals surface area (Å²) in [5, 5.41) is 1.06. The number of nitrogens with zero attached hydrogens (tertiary/aromatic N) is 3. The smallest absolute Gasteiger partial charge is 0.294 e. The number of aromatic nitrogens is 3. The molecule has 0 saturated carbocycles. The van der Waals surface area contributed by atoms with E-state index in [0.717, 1.165) is 53.6 Å². The topological polar surface area (TPSA) is 162 Å². The third-order valence-electron chi connectivity index (χ3n) is 10.3. The number of benzene rings is 4. The van der Waals surface area contributed by atoms with Crippen LogP contribution in [0.2, 0.25) is 0 Å². The van der Waals surface area contributed by atoms with Crippen molar-refractivity contribution >= 4 is 48.8 Å². The van der Waals surface area contributed by atoms with Crippen molar-refractivity contribution in [3.05, 3.63) is 107 Å². The minimum atomic E-state index is -4.32. The standard InChI is InChI=1S/C24H22FN3O3.C18H17NO6S/c1-14-27-20-4-5-22-24(23(20)30-14)31-17(13-29-22)12-28-8-6-15(7-9-28)19-11-26-21-10-16(25)2-3-18(19)21;1-10-3-6-16(26(20,21)22)12(7-10)8-13-9-23-15-5-4-14-17(18(15)25-13)24-11(2)19-14/h2-6,10-11,17,26H,7-9,12-13H2,1H3;3-7,13H,8-9H2,1-2H3,(H,20,21,22)/t;13-/m.1/s1. The lowest BCUT2D eigenvalue weighted by Crippen LogP contribution is -2.42. The van der Waals surface area contributed by atoms with Crippen molar-refractivity contribution in [3.8, 4) is 23.0 Å². The first-order valence-corrected chi connectivity index (χ1v) is 20.0. The Bertz CT molecular complexity index is 2810. The van der Waals surface area contributed by atoms with E-state index in [1.165, 1.54) is 17.7 Å². The van der Waals surface area contributed by atoms with Gasteiger partial charge in [0.2, 0.25) is 22.7 Å². The molecule has 3 aromatic heterocycles. The molecule has 0 saturated heterocycles. The summed E-state index contributed by atoms with van der Waals surface area (Å²) in [5.41, 5.74) is 7.24. The molecule has 6 heterocycles. The fourth-order valence-corrected chi connectivity index (χ4v) is 8.38. The Labute approximate surface area is 326 Å². The maximum atomic E-state index is 13.5. The van der Waals surface area contributed by atoms with Crippen molar-refractivity contribution in [2.24, 2.45) is 0 Å². The minimum absolute atomic E-state index is 0.0745. The maximum Gasteiger partial charge on any atom is 0.294 e. The lowest BCUT2D eigenvalue weighted by atomic mass is 9.98. The zero-order valence-electron chi connectivity index (χ0n) is 31.4. The number of oxazole rings is 2. The van der Waals surface area contributed by atoms with Gasteiger partial charge in [-0.2, -0.15) is 8.42 Å². The van der Waals surface area contributed by atoms with Crippen LogP contribution in [0.3, 0.4) is 0 Å². The summed E-state index contributed by atoms with van der Waals surface area (Å²) in [5.74, 6) is 3.28. The molecular formula is C42H39FN4O9S. The molecule has 3 aliphatic rings. The normalized spacial score (nSPS) is 18.1. The average Bonchev–Trinajstić information content (AvgIpc) is 3.90. The van der Waals surface area contributed by atoms with E-state index < -0.39 is 16.2 Å².